The second-order valence-corrected chi connectivity index (χ2v) is 13.7. The van der Waals surface area contributed by atoms with Crippen LogP contribution in [0.1, 0.15) is 22.7 Å². The third-order valence-corrected chi connectivity index (χ3v) is 7.38. The average molecular weight is 645 g/mol. The van der Waals surface area contributed by atoms with Gasteiger partial charge in [-0.15, -0.1) is 0 Å². The summed E-state index contributed by atoms with van der Waals surface area (Å²) in [5.41, 5.74) is 4.06. The molecule has 6 N–H and O–H groups in total. The minimum Gasteiger partial charge on any atom is -0.489 e. The molecule has 0 radical (unpaired) electrons. The molecular weight excluding hydrogens is 605 g/mol. The molecule has 0 spiro atoms. The van der Waals surface area contributed by atoms with Gasteiger partial charge in [-0.05, 0) is 54.4 Å². The molecule has 1 saturated heterocycles. The van der Waals surface area contributed by atoms with Gasteiger partial charge in [0.05, 0.1) is 12.5 Å². The molecule has 234 valence electrons. The lowest BCUT2D eigenvalue weighted by molar-refractivity contribution is 0.109. The van der Waals surface area contributed by atoms with E-state index in [2.05, 4.69) is 83.6 Å². The molecule has 1 atom stereocenters. The van der Waals surface area contributed by atoms with Gasteiger partial charge in [-0.3, -0.25) is 14.0 Å². The normalized spacial score (nSPS) is 16.7. The molecule has 0 aromatic heterocycles. The lowest BCUT2D eigenvalue weighted by Crippen LogP contribution is -2.46. The SMILES string of the molecule is CN1CCN(C2Cc3ccccc3Sc3ccc(OCc4ccccc4)cc32)CC1.CS(=O)(=O)O.CS(=O)(=O)O.O.O. The van der Waals surface area contributed by atoms with Crippen LogP contribution in [0.15, 0.2) is 82.6 Å². The molecule has 1 fully saturated rings. The summed E-state index contributed by atoms with van der Waals surface area (Å²) in [6, 6.07) is 26.3. The summed E-state index contributed by atoms with van der Waals surface area (Å²) in [6.07, 6.45) is 2.49. The number of nitrogens with zero attached hydrogens (tertiary/aromatic N) is 2. The number of benzene rings is 3. The van der Waals surface area contributed by atoms with E-state index in [-0.39, 0.29) is 11.0 Å². The van der Waals surface area contributed by atoms with Gasteiger partial charge in [-0.1, -0.05) is 60.3 Å². The largest absolute Gasteiger partial charge is 0.489 e. The standard InChI is InChI=1S/C26H28N2OS.2CH4O3S.2H2O/c1-27-13-15-28(16-14-27)24-17-21-9-5-6-10-25(21)30-26-12-11-22(18-23(24)26)29-19-20-7-3-2-4-8-20;2*1-5(2,3)4;;/h2-12,18,24H,13-17,19H2,1H3;2*1H3,(H,2,3,4);2*1H2. The first-order chi connectivity index (χ1) is 18.8. The Bertz CT molecular complexity index is 1420. The van der Waals surface area contributed by atoms with Crippen molar-refractivity contribution in [2.45, 2.75) is 28.9 Å². The van der Waals surface area contributed by atoms with Gasteiger partial charge in [0.15, 0.2) is 0 Å². The highest BCUT2D eigenvalue weighted by molar-refractivity contribution is 7.99. The number of piperazine rings is 1. The highest BCUT2D eigenvalue weighted by Gasteiger charge is 2.29. The van der Waals surface area contributed by atoms with E-state index in [1.54, 1.807) is 0 Å². The molecule has 3 aromatic carbocycles. The Morgan fingerprint density at radius 1 is 0.810 bits per heavy atom. The van der Waals surface area contributed by atoms with Crippen LogP contribution in [0, 0.1) is 0 Å². The maximum absolute atomic E-state index is 9.19. The van der Waals surface area contributed by atoms with Gasteiger partial charge < -0.3 is 20.6 Å². The van der Waals surface area contributed by atoms with Crippen molar-refractivity contribution >= 4 is 32.0 Å². The van der Waals surface area contributed by atoms with E-state index in [1.807, 2.05) is 17.8 Å². The van der Waals surface area contributed by atoms with Crippen LogP contribution >= 0.6 is 11.8 Å². The van der Waals surface area contributed by atoms with Crippen LogP contribution in [-0.4, -0.2) is 92.4 Å². The summed E-state index contributed by atoms with van der Waals surface area (Å²) < 4.78 is 57.9. The van der Waals surface area contributed by atoms with Crippen molar-refractivity contribution in [1.82, 2.24) is 9.80 Å². The van der Waals surface area contributed by atoms with E-state index in [0.29, 0.717) is 25.2 Å². The van der Waals surface area contributed by atoms with Gasteiger partial charge in [0, 0.05) is 42.0 Å². The van der Waals surface area contributed by atoms with E-state index in [9.17, 15) is 16.8 Å². The van der Waals surface area contributed by atoms with Crippen molar-refractivity contribution in [3.8, 4) is 5.75 Å². The highest BCUT2D eigenvalue weighted by Crippen LogP contribution is 2.44. The molecule has 0 saturated carbocycles. The number of hydrogen-bond acceptors (Lipinski definition) is 8. The molecule has 2 aliphatic rings. The van der Waals surface area contributed by atoms with E-state index >= 15 is 0 Å². The van der Waals surface area contributed by atoms with E-state index in [0.717, 1.165) is 38.3 Å². The van der Waals surface area contributed by atoms with Gasteiger partial charge in [-0.2, -0.15) is 16.8 Å². The summed E-state index contributed by atoms with van der Waals surface area (Å²) in [5.74, 6) is 0.961. The molecule has 0 bridgehead atoms. The summed E-state index contributed by atoms with van der Waals surface area (Å²) in [5, 5.41) is 0. The minimum atomic E-state index is -3.67. The first kappa shape index (κ1) is 37.5. The smallest absolute Gasteiger partial charge is 0.261 e. The van der Waals surface area contributed by atoms with Crippen LogP contribution in [0.25, 0.3) is 0 Å². The summed E-state index contributed by atoms with van der Waals surface area (Å²) in [6.45, 7) is 5.09. The van der Waals surface area contributed by atoms with Crippen LogP contribution in [0.4, 0.5) is 0 Å². The number of hydrogen-bond donors (Lipinski definition) is 2. The van der Waals surface area contributed by atoms with E-state index in [1.165, 1.54) is 26.5 Å². The number of fused-ring (bicyclic) bond motifs is 2. The molecule has 11 nitrogen and oxygen atoms in total. The Morgan fingerprint density at radius 2 is 1.36 bits per heavy atom. The Morgan fingerprint density at radius 3 is 1.95 bits per heavy atom. The van der Waals surface area contributed by atoms with Gasteiger partial charge in [-0.25, -0.2) is 0 Å². The van der Waals surface area contributed by atoms with Crippen LogP contribution in [0.3, 0.4) is 0 Å². The molecule has 5 rings (SSSR count). The predicted molar refractivity (Wildman–Crippen MR) is 165 cm³/mol. The number of likely N-dealkylation sites (N-methyl/N-ethyl adjacent to an activating group) is 1. The van der Waals surface area contributed by atoms with Gasteiger partial charge in [0.2, 0.25) is 0 Å². The summed E-state index contributed by atoms with van der Waals surface area (Å²) >= 11 is 1.90. The topological polar surface area (TPSA) is 187 Å². The Balaban J connectivity index is 0.000000640. The Labute approximate surface area is 252 Å². The van der Waals surface area contributed by atoms with Crippen molar-refractivity contribution < 1.29 is 41.6 Å². The average Bonchev–Trinajstić information content (AvgIpc) is 3.03. The van der Waals surface area contributed by atoms with Crippen molar-refractivity contribution in [1.29, 1.82) is 0 Å². The van der Waals surface area contributed by atoms with Crippen molar-refractivity contribution in [3.05, 3.63) is 89.5 Å². The van der Waals surface area contributed by atoms with Crippen molar-refractivity contribution in [2.75, 3.05) is 45.7 Å². The molecule has 1 unspecified atom stereocenters. The molecule has 0 amide bonds. The van der Waals surface area contributed by atoms with Crippen LogP contribution in [0.5, 0.6) is 5.75 Å². The summed E-state index contributed by atoms with van der Waals surface area (Å²) in [7, 11) is -5.11. The van der Waals surface area contributed by atoms with Gasteiger partial charge in [0.1, 0.15) is 12.4 Å². The fraction of sp³-hybridized carbons (Fsp3) is 0.357. The molecule has 3 aromatic rings. The minimum absolute atomic E-state index is 0. The molecular formula is C28H40N2O9S3. The van der Waals surface area contributed by atoms with Crippen LogP contribution in [-0.2, 0) is 33.3 Å². The summed E-state index contributed by atoms with van der Waals surface area (Å²) in [4.78, 5) is 7.84. The van der Waals surface area contributed by atoms with E-state index in [4.69, 9.17) is 13.8 Å². The van der Waals surface area contributed by atoms with Gasteiger partial charge in [0.25, 0.3) is 20.2 Å². The monoisotopic (exact) mass is 644 g/mol. The highest BCUT2D eigenvalue weighted by atomic mass is 32.2. The zero-order valence-corrected chi connectivity index (χ0v) is 26.3. The first-order valence-corrected chi connectivity index (χ1v) is 17.1. The second-order valence-electron chi connectivity index (χ2n) is 9.71. The van der Waals surface area contributed by atoms with Gasteiger partial charge >= 0.3 is 0 Å². The fourth-order valence-electron chi connectivity index (χ4n) is 4.38. The third kappa shape index (κ3) is 13.6. The fourth-order valence-corrected chi connectivity index (χ4v) is 5.49. The molecule has 2 heterocycles. The Kier molecular flexibility index (Phi) is 15.1. The zero-order valence-electron chi connectivity index (χ0n) is 23.8. The van der Waals surface area contributed by atoms with Crippen LogP contribution < -0.4 is 4.74 Å². The third-order valence-electron chi connectivity index (χ3n) is 6.17. The molecule has 2 aliphatic heterocycles. The Hall–Kier alpha value is -2.53. The van der Waals surface area contributed by atoms with Crippen LogP contribution in [0.2, 0.25) is 0 Å². The quantitative estimate of drug-likeness (QED) is 0.400. The number of rotatable bonds is 4. The predicted octanol–water partition coefficient (Wildman–Crippen LogP) is 2.62. The lowest BCUT2D eigenvalue weighted by atomic mass is 9.96. The molecule has 42 heavy (non-hydrogen) atoms. The van der Waals surface area contributed by atoms with E-state index < -0.39 is 20.2 Å². The van der Waals surface area contributed by atoms with Crippen molar-refractivity contribution in [2.24, 2.45) is 0 Å². The zero-order chi connectivity index (χ0) is 29.3. The first-order valence-electron chi connectivity index (χ1n) is 12.6. The number of ether oxygens (including phenoxy) is 1. The maximum atomic E-state index is 9.19. The lowest BCUT2D eigenvalue weighted by Gasteiger charge is -2.38. The molecule has 14 heteroatoms. The maximum Gasteiger partial charge on any atom is 0.261 e. The molecule has 0 aliphatic carbocycles. The second kappa shape index (κ2) is 16.9. The van der Waals surface area contributed by atoms with Crippen molar-refractivity contribution in [3.63, 3.8) is 0 Å².